The molecule has 1 aromatic carbocycles. The van der Waals surface area contributed by atoms with E-state index in [1.54, 1.807) is 0 Å². The molecule has 1 aliphatic rings. The number of urea groups is 1. The lowest BCUT2D eigenvalue weighted by Crippen LogP contribution is -2.52. The molecule has 140 valence electrons. The number of hydrogen-bond acceptors (Lipinski definition) is 3. The molecular weight excluding hydrogens is 352 g/mol. The highest BCUT2D eigenvalue weighted by molar-refractivity contribution is 7.89. The van der Waals surface area contributed by atoms with Crippen LogP contribution in [0.5, 0.6) is 0 Å². The lowest BCUT2D eigenvalue weighted by molar-refractivity contribution is 0.184. The van der Waals surface area contributed by atoms with Crippen molar-refractivity contribution in [1.29, 1.82) is 0 Å². The summed E-state index contributed by atoms with van der Waals surface area (Å²) in [6.07, 6.45) is 2.44. The van der Waals surface area contributed by atoms with Crippen molar-refractivity contribution >= 4 is 21.7 Å². The van der Waals surface area contributed by atoms with Crippen LogP contribution in [0.2, 0.25) is 0 Å². The Morgan fingerprint density at radius 2 is 1.84 bits per heavy atom. The van der Waals surface area contributed by atoms with Crippen LogP contribution in [0.4, 0.5) is 19.3 Å². The third kappa shape index (κ3) is 5.37. The van der Waals surface area contributed by atoms with Gasteiger partial charge in [-0.05, 0) is 18.6 Å². The zero-order valence-electron chi connectivity index (χ0n) is 14.2. The minimum absolute atomic E-state index is 0.110. The summed E-state index contributed by atoms with van der Waals surface area (Å²) in [6.45, 7) is 2.89. The van der Waals surface area contributed by atoms with Gasteiger partial charge in [0, 0.05) is 32.2 Å². The third-order valence-electron chi connectivity index (χ3n) is 4.10. The first-order chi connectivity index (χ1) is 11.8. The highest BCUT2D eigenvalue weighted by Crippen LogP contribution is 2.17. The second kappa shape index (κ2) is 8.57. The molecule has 0 radical (unpaired) electrons. The number of rotatable bonds is 6. The van der Waals surface area contributed by atoms with Crippen molar-refractivity contribution in [3.05, 3.63) is 29.8 Å². The van der Waals surface area contributed by atoms with E-state index < -0.39 is 27.7 Å². The molecule has 0 aliphatic carbocycles. The topological polar surface area (TPSA) is 69.7 Å². The lowest BCUT2D eigenvalue weighted by atomic mass is 10.3. The van der Waals surface area contributed by atoms with Gasteiger partial charge in [0.05, 0.1) is 11.4 Å². The Balaban J connectivity index is 1.87. The van der Waals surface area contributed by atoms with E-state index in [1.807, 2.05) is 6.92 Å². The average molecular weight is 375 g/mol. The summed E-state index contributed by atoms with van der Waals surface area (Å²) >= 11 is 0. The van der Waals surface area contributed by atoms with Gasteiger partial charge in [-0.15, -0.1) is 0 Å². The molecule has 1 aromatic rings. The van der Waals surface area contributed by atoms with Crippen LogP contribution in [-0.2, 0) is 10.0 Å². The lowest BCUT2D eigenvalue weighted by Gasteiger charge is -2.34. The summed E-state index contributed by atoms with van der Waals surface area (Å²) in [5.41, 5.74) is -0.110. The van der Waals surface area contributed by atoms with E-state index in [2.05, 4.69) is 5.32 Å². The molecule has 1 heterocycles. The van der Waals surface area contributed by atoms with Gasteiger partial charge in [0.15, 0.2) is 0 Å². The molecule has 0 spiro atoms. The van der Waals surface area contributed by atoms with Crippen LogP contribution in [-0.4, -0.2) is 55.6 Å². The predicted octanol–water partition coefficient (Wildman–Crippen LogP) is 2.63. The fraction of sp³-hybridized carbons (Fsp3) is 0.562. The Kier molecular flexibility index (Phi) is 6.71. The first-order valence-corrected chi connectivity index (χ1v) is 9.93. The van der Waals surface area contributed by atoms with E-state index in [1.165, 1.54) is 9.21 Å². The maximum absolute atomic E-state index is 13.6. The van der Waals surface area contributed by atoms with E-state index in [0.29, 0.717) is 12.5 Å². The molecule has 25 heavy (non-hydrogen) atoms. The van der Waals surface area contributed by atoms with Gasteiger partial charge in [-0.1, -0.05) is 19.8 Å². The number of nitrogens with one attached hydrogen (secondary N) is 1. The van der Waals surface area contributed by atoms with Crippen LogP contribution in [0.15, 0.2) is 18.2 Å². The number of benzene rings is 1. The summed E-state index contributed by atoms with van der Waals surface area (Å²) in [4.78, 5) is 13.6. The van der Waals surface area contributed by atoms with Gasteiger partial charge in [0.25, 0.3) is 0 Å². The van der Waals surface area contributed by atoms with E-state index in [9.17, 15) is 22.0 Å². The van der Waals surface area contributed by atoms with E-state index in [-0.39, 0.29) is 37.6 Å². The molecular formula is C16H23F2N3O3S. The second-order valence-corrected chi connectivity index (χ2v) is 8.05. The molecule has 2 rings (SSSR count). The number of nitrogens with zero attached hydrogens (tertiary/aromatic N) is 2. The number of piperazine rings is 1. The molecule has 1 aliphatic heterocycles. The van der Waals surface area contributed by atoms with Gasteiger partial charge >= 0.3 is 6.03 Å². The maximum atomic E-state index is 13.6. The number of carbonyl (C=O) groups is 1. The molecule has 0 atom stereocenters. The summed E-state index contributed by atoms with van der Waals surface area (Å²) in [6, 6.07) is 2.36. The number of sulfonamides is 1. The predicted molar refractivity (Wildman–Crippen MR) is 91.8 cm³/mol. The summed E-state index contributed by atoms with van der Waals surface area (Å²) in [5.74, 6) is -1.46. The van der Waals surface area contributed by atoms with Crippen molar-refractivity contribution in [2.24, 2.45) is 0 Å². The molecule has 1 N–H and O–H groups in total. The molecule has 1 saturated heterocycles. The first kappa shape index (κ1) is 19.6. The number of hydrogen-bond donors (Lipinski definition) is 1. The van der Waals surface area contributed by atoms with Crippen molar-refractivity contribution in [2.75, 3.05) is 37.2 Å². The standard InChI is InChI=1S/C16H23F2N3O3S/c1-2-3-4-11-25(23,24)21-9-7-20(8-10-21)16(22)19-15-6-5-13(17)12-14(15)18/h5-6,12H,2-4,7-11H2,1H3,(H,19,22). The Labute approximate surface area is 146 Å². The van der Waals surface area contributed by atoms with Crippen LogP contribution < -0.4 is 5.32 Å². The Bertz CT molecular complexity index is 705. The van der Waals surface area contributed by atoms with Crippen molar-refractivity contribution in [3.63, 3.8) is 0 Å². The quantitative estimate of drug-likeness (QED) is 0.777. The average Bonchev–Trinajstić information content (AvgIpc) is 2.57. The van der Waals surface area contributed by atoms with E-state index >= 15 is 0 Å². The highest BCUT2D eigenvalue weighted by Gasteiger charge is 2.28. The number of unbranched alkanes of at least 4 members (excludes halogenated alkanes) is 2. The minimum atomic E-state index is -3.30. The van der Waals surface area contributed by atoms with Gasteiger partial charge < -0.3 is 10.2 Å². The largest absolute Gasteiger partial charge is 0.322 e. The van der Waals surface area contributed by atoms with Gasteiger partial charge in [-0.3, -0.25) is 0 Å². The van der Waals surface area contributed by atoms with Gasteiger partial charge in [0.2, 0.25) is 10.0 Å². The van der Waals surface area contributed by atoms with Gasteiger partial charge in [-0.2, -0.15) is 4.31 Å². The number of carbonyl (C=O) groups excluding carboxylic acids is 1. The molecule has 0 aromatic heterocycles. The summed E-state index contributed by atoms with van der Waals surface area (Å²) < 4.78 is 52.3. The van der Waals surface area contributed by atoms with Crippen molar-refractivity contribution < 1.29 is 22.0 Å². The Morgan fingerprint density at radius 1 is 1.16 bits per heavy atom. The van der Waals surface area contributed by atoms with Crippen molar-refractivity contribution in [2.45, 2.75) is 26.2 Å². The zero-order valence-corrected chi connectivity index (χ0v) is 15.0. The Morgan fingerprint density at radius 3 is 2.44 bits per heavy atom. The molecule has 6 nitrogen and oxygen atoms in total. The van der Waals surface area contributed by atoms with Crippen LogP contribution in [0.1, 0.15) is 26.2 Å². The Hall–Kier alpha value is -1.74. The summed E-state index contributed by atoms with van der Waals surface area (Å²) in [7, 11) is -3.30. The number of halogens is 2. The molecule has 0 saturated carbocycles. The fourth-order valence-corrected chi connectivity index (χ4v) is 4.16. The monoisotopic (exact) mass is 375 g/mol. The van der Waals surface area contributed by atoms with Crippen LogP contribution >= 0.6 is 0 Å². The maximum Gasteiger partial charge on any atom is 0.322 e. The van der Waals surface area contributed by atoms with Crippen molar-refractivity contribution in [1.82, 2.24) is 9.21 Å². The van der Waals surface area contributed by atoms with Crippen molar-refractivity contribution in [3.8, 4) is 0 Å². The second-order valence-electron chi connectivity index (χ2n) is 5.96. The van der Waals surface area contributed by atoms with Crippen LogP contribution in [0, 0.1) is 11.6 Å². The SMILES string of the molecule is CCCCCS(=O)(=O)N1CCN(C(=O)Nc2ccc(F)cc2F)CC1. The fourth-order valence-electron chi connectivity index (χ4n) is 2.62. The van der Waals surface area contributed by atoms with Gasteiger partial charge in [0.1, 0.15) is 11.6 Å². The highest BCUT2D eigenvalue weighted by atomic mass is 32.2. The van der Waals surface area contributed by atoms with Gasteiger partial charge in [-0.25, -0.2) is 22.0 Å². The zero-order chi connectivity index (χ0) is 18.4. The number of amides is 2. The first-order valence-electron chi connectivity index (χ1n) is 8.32. The van der Waals surface area contributed by atoms with E-state index in [0.717, 1.165) is 25.0 Å². The molecule has 2 amide bonds. The van der Waals surface area contributed by atoms with Crippen LogP contribution in [0.25, 0.3) is 0 Å². The van der Waals surface area contributed by atoms with Crippen LogP contribution in [0.3, 0.4) is 0 Å². The number of anilines is 1. The molecule has 0 bridgehead atoms. The van der Waals surface area contributed by atoms with E-state index in [4.69, 9.17) is 0 Å². The molecule has 0 unspecified atom stereocenters. The third-order valence-corrected chi connectivity index (χ3v) is 6.05. The minimum Gasteiger partial charge on any atom is -0.322 e. The molecule has 1 fully saturated rings. The molecule has 9 heteroatoms. The smallest absolute Gasteiger partial charge is 0.322 e. The normalized spacial score (nSPS) is 16.0. The summed E-state index contributed by atoms with van der Waals surface area (Å²) in [5, 5.41) is 2.38.